The summed E-state index contributed by atoms with van der Waals surface area (Å²) in [5.74, 6) is -0.145. The van der Waals surface area contributed by atoms with Gasteiger partial charge in [0.05, 0.1) is 12.5 Å². The lowest BCUT2D eigenvalue weighted by molar-refractivity contribution is -0.140. The minimum Gasteiger partial charge on any atom is -0.480 e. The Labute approximate surface area is 98.2 Å². The van der Waals surface area contributed by atoms with Crippen LogP contribution in [0.5, 0.6) is 0 Å². The van der Waals surface area contributed by atoms with Gasteiger partial charge in [-0.1, -0.05) is 0 Å². The minimum absolute atomic E-state index is 0.113. The van der Waals surface area contributed by atoms with Crippen LogP contribution in [0.4, 0.5) is 4.79 Å². The summed E-state index contributed by atoms with van der Waals surface area (Å²) >= 11 is 1.43. The third-order valence-electron chi connectivity index (χ3n) is 2.44. The maximum atomic E-state index is 11.9. The van der Waals surface area contributed by atoms with Crippen LogP contribution in [0.1, 0.15) is 6.92 Å². The van der Waals surface area contributed by atoms with Crippen molar-refractivity contribution in [2.45, 2.75) is 13.0 Å². The first kappa shape index (κ1) is 13.1. The number of rotatable bonds is 4. The smallest absolute Gasteiger partial charge is 0.327 e. The maximum absolute atomic E-state index is 11.9. The molecule has 7 heteroatoms. The fourth-order valence-corrected chi connectivity index (χ4v) is 2.67. The summed E-state index contributed by atoms with van der Waals surface area (Å²) in [6.45, 7) is 2.39. The highest BCUT2D eigenvalue weighted by atomic mass is 32.2. The standard InChI is InChI=1S/C9H16N2O4S/c1-2-10(3-4-12)9(15)11-6-16-5-7(11)8(13)14/h7,12H,2-6H2,1H3,(H,13,14). The van der Waals surface area contributed by atoms with Gasteiger partial charge in [-0.25, -0.2) is 9.59 Å². The van der Waals surface area contributed by atoms with E-state index in [1.807, 2.05) is 0 Å². The molecule has 0 bridgehead atoms. The Balaban J connectivity index is 2.67. The Morgan fingerprint density at radius 1 is 1.56 bits per heavy atom. The molecule has 1 atom stereocenters. The Morgan fingerprint density at radius 3 is 2.75 bits per heavy atom. The zero-order valence-electron chi connectivity index (χ0n) is 9.13. The van der Waals surface area contributed by atoms with Crippen LogP contribution in [-0.2, 0) is 4.79 Å². The summed E-state index contributed by atoms with van der Waals surface area (Å²) in [4.78, 5) is 25.6. The minimum atomic E-state index is -0.974. The van der Waals surface area contributed by atoms with Gasteiger partial charge in [0.15, 0.2) is 0 Å². The Morgan fingerprint density at radius 2 is 2.25 bits per heavy atom. The summed E-state index contributed by atoms with van der Waals surface area (Å²) in [6, 6.07) is -1.06. The van der Waals surface area contributed by atoms with Crippen LogP contribution in [0.3, 0.4) is 0 Å². The molecule has 1 saturated heterocycles. The molecule has 0 spiro atoms. The normalized spacial score (nSPS) is 19.9. The van der Waals surface area contributed by atoms with Gasteiger partial charge in [0.1, 0.15) is 6.04 Å². The number of urea groups is 1. The third kappa shape index (κ3) is 2.79. The van der Waals surface area contributed by atoms with Gasteiger partial charge >= 0.3 is 12.0 Å². The van der Waals surface area contributed by atoms with E-state index in [0.29, 0.717) is 18.2 Å². The first-order chi connectivity index (χ1) is 7.61. The molecule has 1 rings (SSSR count). The summed E-state index contributed by atoms with van der Waals surface area (Å²) in [7, 11) is 0. The van der Waals surface area contributed by atoms with Gasteiger partial charge in [-0.2, -0.15) is 0 Å². The van der Waals surface area contributed by atoms with Crippen LogP contribution in [0.25, 0.3) is 0 Å². The van der Waals surface area contributed by atoms with Crippen molar-refractivity contribution >= 4 is 23.8 Å². The molecule has 0 aromatic carbocycles. The Kier molecular flexibility index (Phi) is 4.88. The monoisotopic (exact) mass is 248 g/mol. The van der Waals surface area contributed by atoms with Crippen LogP contribution >= 0.6 is 11.8 Å². The molecule has 0 aliphatic carbocycles. The molecular weight excluding hydrogens is 232 g/mol. The lowest BCUT2D eigenvalue weighted by Gasteiger charge is -2.28. The van der Waals surface area contributed by atoms with E-state index in [1.54, 1.807) is 6.92 Å². The van der Waals surface area contributed by atoms with Crippen molar-refractivity contribution in [1.82, 2.24) is 9.80 Å². The summed E-state index contributed by atoms with van der Waals surface area (Å²) in [5.41, 5.74) is 0. The predicted molar refractivity (Wildman–Crippen MR) is 60.3 cm³/mol. The number of likely N-dealkylation sites (N-methyl/N-ethyl adjacent to an activating group) is 1. The Hall–Kier alpha value is -0.950. The van der Waals surface area contributed by atoms with Crippen LogP contribution in [-0.4, -0.2) is 69.4 Å². The number of aliphatic hydroxyl groups is 1. The molecule has 2 amide bonds. The first-order valence-electron chi connectivity index (χ1n) is 5.08. The number of thioether (sulfide) groups is 1. The fraction of sp³-hybridized carbons (Fsp3) is 0.778. The molecule has 1 aliphatic heterocycles. The van der Waals surface area contributed by atoms with Gasteiger partial charge in [0.2, 0.25) is 0 Å². The number of hydrogen-bond acceptors (Lipinski definition) is 4. The van der Waals surface area contributed by atoms with E-state index in [-0.39, 0.29) is 19.2 Å². The second-order valence-corrected chi connectivity index (χ2v) is 4.41. The number of aliphatic hydroxyl groups excluding tert-OH is 1. The first-order valence-corrected chi connectivity index (χ1v) is 6.24. The van der Waals surface area contributed by atoms with Crippen molar-refractivity contribution in [2.24, 2.45) is 0 Å². The van der Waals surface area contributed by atoms with E-state index in [9.17, 15) is 9.59 Å². The largest absolute Gasteiger partial charge is 0.480 e. The molecule has 0 saturated carbocycles. The van der Waals surface area contributed by atoms with Crippen molar-refractivity contribution in [3.05, 3.63) is 0 Å². The van der Waals surface area contributed by atoms with Gasteiger partial charge < -0.3 is 20.0 Å². The fourth-order valence-electron chi connectivity index (χ4n) is 1.53. The average molecular weight is 248 g/mol. The molecule has 1 heterocycles. The summed E-state index contributed by atoms with van der Waals surface area (Å²) < 4.78 is 0. The number of amides is 2. The van der Waals surface area contributed by atoms with Crippen molar-refractivity contribution in [1.29, 1.82) is 0 Å². The molecule has 0 aromatic rings. The van der Waals surface area contributed by atoms with Crippen LogP contribution in [0, 0.1) is 0 Å². The van der Waals surface area contributed by atoms with Gasteiger partial charge in [-0.3, -0.25) is 0 Å². The summed E-state index contributed by atoms with van der Waals surface area (Å²) in [6.07, 6.45) is 0. The highest BCUT2D eigenvalue weighted by Gasteiger charge is 2.36. The molecule has 0 radical (unpaired) electrons. The molecule has 0 aromatic heterocycles. The number of nitrogens with zero attached hydrogens (tertiary/aromatic N) is 2. The number of carbonyl (C=O) groups excluding carboxylic acids is 1. The quantitative estimate of drug-likeness (QED) is 0.725. The van der Waals surface area contributed by atoms with Crippen LogP contribution < -0.4 is 0 Å². The van der Waals surface area contributed by atoms with E-state index in [4.69, 9.17) is 10.2 Å². The predicted octanol–water partition coefficient (Wildman–Crippen LogP) is -0.120. The average Bonchev–Trinajstić information content (AvgIpc) is 2.73. The summed E-state index contributed by atoms with van der Waals surface area (Å²) in [5, 5.41) is 17.7. The number of carbonyl (C=O) groups is 2. The number of carboxylic acid groups (broad SMARTS) is 1. The molecule has 16 heavy (non-hydrogen) atoms. The highest BCUT2D eigenvalue weighted by Crippen LogP contribution is 2.22. The van der Waals surface area contributed by atoms with Crippen molar-refractivity contribution in [2.75, 3.05) is 31.3 Å². The highest BCUT2D eigenvalue weighted by molar-refractivity contribution is 7.99. The number of hydrogen-bond donors (Lipinski definition) is 2. The third-order valence-corrected chi connectivity index (χ3v) is 3.45. The van der Waals surface area contributed by atoms with E-state index in [2.05, 4.69) is 0 Å². The topological polar surface area (TPSA) is 81.1 Å². The van der Waals surface area contributed by atoms with E-state index >= 15 is 0 Å². The van der Waals surface area contributed by atoms with Gasteiger partial charge in [-0.15, -0.1) is 11.8 Å². The van der Waals surface area contributed by atoms with E-state index in [1.165, 1.54) is 21.6 Å². The van der Waals surface area contributed by atoms with Crippen molar-refractivity contribution in [3.8, 4) is 0 Å². The molecule has 1 aliphatic rings. The molecular formula is C9H16N2O4S. The van der Waals surface area contributed by atoms with Crippen LogP contribution in [0.2, 0.25) is 0 Å². The SMILES string of the molecule is CCN(CCO)C(=O)N1CSCC1C(=O)O. The molecule has 2 N–H and O–H groups in total. The zero-order chi connectivity index (χ0) is 12.1. The van der Waals surface area contributed by atoms with Gasteiger partial charge in [0.25, 0.3) is 0 Å². The van der Waals surface area contributed by atoms with Crippen molar-refractivity contribution in [3.63, 3.8) is 0 Å². The van der Waals surface area contributed by atoms with Crippen molar-refractivity contribution < 1.29 is 19.8 Å². The number of aliphatic carboxylic acids is 1. The van der Waals surface area contributed by atoms with Gasteiger partial charge in [-0.05, 0) is 6.92 Å². The molecule has 1 unspecified atom stereocenters. The van der Waals surface area contributed by atoms with Gasteiger partial charge in [0, 0.05) is 18.8 Å². The second-order valence-electron chi connectivity index (χ2n) is 3.41. The lowest BCUT2D eigenvalue weighted by Crippen LogP contribution is -2.49. The molecule has 6 nitrogen and oxygen atoms in total. The Bertz CT molecular complexity index is 274. The van der Waals surface area contributed by atoms with E-state index < -0.39 is 12.0 Å². The molecule has 92 valence electrons. The maximum Gasteiger partial charge on any atom is 0.327 e. The molecule has 1 fully saturated rings. The second kappa shape index (κ2) is 5.95. The number of carboxylic acids is 1. The lowest BCUT2D eigenvalue weighted by atomic mass is 10.3. The van der Waals surface area contributed by atoms with Crippen LogP contribution in [0.15, 0.2) is 0 Å². The van der Waals surface area contributed by atoms with E-state index in [0.717, 1.165) is 0 Å². The zero-order valence-corrected chi connectivity index (χ0v) is 9.94.